The maximum absolute atomic E-state index is 12.2. The summed E-state index contributed by atoms with van der Waals surface area (Å²) >= 11 is 0. The highest BCUT2D eigenvalue weighted by molar-refractivity contribution is 5.98. The van der Waals surface area contributed by atoms with Crippen molar-refractivity contribution in [3.8, 4) is 0 Å². The number of Topliss-reactive ketones (excluding diaryl/α,β-unsaturated/α-hetero) is 1. The highest BCUT2D eigenvalue weighted by atomic mass is 16.3. The Morgan fingerprint density at radius 2 is 1.95 bits per heavy atom. The molecule has 0 unspecified atom stereocenters. The predicted molar refractivity (Wildman–Crippen MR) is 82.6 cm³/mol. The second kappa shape index (κ2) is 6.60. The fraction of sp³-hybridized carbons (Fsp3) is 0.333. The van der Waals surface area contributed by atoms with Gasteiger partial charge in [-0.3, -0.25) is 9.59 Å². The van der Waals surface area contributed by atoms with Crippen LogP contribution in [0.3, 0.4) is 0 Å². The first-order valence-electron chi connectivity index (χ1n) is 7.65. The standard InChI is InChI=1S/C18H19NO3/c20-17(16-5-4-14-2-1-3-15(14)10-16)6-7-18(21)19-11-13-8-9-22-12-13/h4-5,8-10,12H,1-3,6-7,11H2,(H,19,21). The second-order valence-corrected chi connectivity index (χ2v) is 5.67. The molecule has 1 N–H and O–H groups in total. The lowest BCUT2D eigenvalue weighted by molar-refractivity contribution is -0.121. The number of carbonyl (C=O) groups is 2. The predicted octanol–water partition coefficient (Wildman–Crippen LogP) is 3.05. The molecule has 0 saturated heterocycles. The van der Waals surface area contributed by atoms with Crippen LogP contribution < -0.4 is 5.32 Å². The molecule has 1 aromatic heterocycles. The molecule has 1 amide bonds. The molecule has 0 saturated carbocycles. The third-order valence-corrected chi connectivity index (χ3v) is 4.07. The van der Waals surface area contributed by atoms with Crippen LogP contribution in [0.2, 0.25) is 0 Å². The van der Waals surface area contributed by atoms with Gasteiger partial charge in [-0.25, -0.2) is 0 Å². The van der Waals surface area contributed by atoms with E-state index in [-0.39, 0.29) is 24.5 Å². The van der Waals surface area contributed by atoms with Crippen molar-refractivity contribution in [2.45, 2.75) is 38.6 Å². The van der Waals surface area contributed by atoms with E-state index >= 15 is 0 Å². The maximum Gasteiger partial charge on any atom is 0.220 e. The number of benzene rings is 1. The summed E-state index contributed by atoms with van der Waals surface area (Å²) in [5.74, 6) is -0.0797. The Morgan fingerprint density at radius 3 is 2.77 bits per heavy atom. The van der Waals surface area contributed by atoms with E-state index in [2.05, 4.69) is 11.4 Å². The lowest BCUT2D eigenvalue weighted by Gasteiger charge is -2.05. The largest absolute Gasteiger partial charge is 0.472 e. The Hall–Kier alpha value is -2.36. The van der Waals surface area contributed by atoms with Crippen LogP contribution in [-0.4, -0.2) is 11.7 Å². The molecule has 0 bridgehead atoms. The average Bonchev–Trinajstić information content (AvgIpc) is 3.20. The van der Waals surface area contributed by atoms with Crippen LogP contribution in [0.4, 0.5) is 0 Å². The van der Waals surface area contributed by atoms with Gasteiger partial charge in [0, 0.05) is 30.5 Å². The first-order valence-corrected chi connectivity index (χ1v) is 7.65. The van der Waals surface area contributed by atoms with Crippen LogP contribution in [0.15, 0.2) is 41.2 Å². The summed E-state index contributed by atoms with van der Waals surface area (Å²) in [5.41, 5.74) is 4.28. The quantitative estimate of drug-likeness (QED) is 0.834. The van der Waals surface area contributed by atoms with Crippen LogP contribution >= 0.6 is 0 Å². The molecule has 1 aliphatic carbocycles. The fourth-order valence-electron chi connectivity index (χ4n) is 2.80. The van der Waals surface area contributed by atoms with Crippen LogP contribution in [0.25, 0.3) is 0 Å². The van der Waals surface area contributed by atoms with Crippen LogP contribution in [0, 0.1) is 0 Å². The Morgan fingerprint density at radius 1 is 1.09 bits per heavy atom. The molecule has 4 nitrogen and oxygen atoms in total. The zero-order chi connectivity index (χ0) is 15.4. The maximum atomic E-state index is 12.2. The van der Waals surface area contributed by atoms with Crippen LogP contribution in [0.5, 0.6) is 0 Å². The Labute approximate surface area is 129 Å². The lowest BCUT2D eigenvalue weighted by Crippen LogP contribution is -2.23. The molecular formula is C18H19NO3. The summed E-state index contributed by atoms with van der Waals surface area (Å²) in [5, 5.41) is 2.78. The van der Waals surface area contributed by atoms with Gasteiger partial charge in [-0.15, -0.1) is 0 Å². The molecule has 0 spiro atoms. The van der Waals surface area contributed by atoms with Crippen molar-refractivity contribution in [1.82, 2.24) is 5.32 Å². The molecule has 1 heterocycles. The fourth-order valence-corrected chi connectivity index (χ4v) is 2.80. The minimum atomic E-state index is -0.115. The van der Waals surface area contributed by atoms with E-state index in [1.54, 1.807) is 18.6 Å². The smallest absolute Gasteiger partial charge is 0.220 e. The van der Waals surface area contributed by atoms with Gasteiger partial charge in [0.25, 0.3) is 0 Å². The molecule has 22 heavy (non-hydrogen) atoms. The monoisotopic (exact) mass is 297 g/mol. The number of carbonyl (C=O) groups excluding carboxylic acids is 2. The van der Waals surface area contributed by atoms with Crippen molar-refractivity contribution in [2.75, 3.05) is 0 Å². The summed E-state index contributed by atoms with van der Waals surface area (Å²) in [6.45, 7) is 0.433. The van der Waals surface area contributed by atoms with Crippen molar-refractivity contribution < 1.29 is 14.0 Å². The molecule has 114 valence electrons. The van der Waals surface area contributed by atoms with Gasteiger partial charge in [-0.2, -0.15) is 0 Å². The number of ketones is 1. The third-order valence-electron chi connectivity index (χ3n) is 4.07. The van der Waals surface area contributed by atoms with Crippen molar-refractivity contribution in [3.05, 3.63) is 59.0 Å². The molecule has 0 aliphatic heterocycles. The minimum absolute atomic E-state index is 0.0353. The number of hydrogen-bond donors (Lipinski definition) is 1. The molecule has 0 atom stereocenters. The molecule has 0 fully saturated rings. The molecular weight excluding hydrogens is 278 g/mol. The van der Waals surface area contributed by atoms with E-state index in [0.29, 0.717) is 6.54 Å². The highest BCUT2D eigenvalue weighted by Crippen LogP contribution is 2.23. The second-order valence-electron chi connectivity index (χ2n) is 5.67. The normalized spacial score (nSPS) is 12.9. The van der Waals surface area contributed by atoms with Gasteiger partial charge in [0.2, 0.25) is 5.91 Å². The van der Waals surface area contributed by atoms with E-state index in [0.717, 1.165) is 24.0 Å². The number of aryl methyl sites for hydroxylation is 2. The summed E-state index contributed by atoms with van der Waals surface area (Å²) in [4.78, 5) is 24.0. The zero-order valence-electron chi connectivity index (χ0n) is 12.4. The van der Waals surface area contributed by atoms with Crippen LogP contribution in [0.1, 0.15) is 46.3 Å². The van der Waals surface area contributed by atoms with Crippen molar-refractivity contribution in [3.63, 3.8) is 0 Å². The molecule has 4 heteroatoms. The van der Waals surface area contributed by atoms with Crippen molar-refractivity contribution >= 4 is 11.7 Å². The molecule has 1 aromatic carbocycles. The van der Waals surface area contributed by atoms with E-state index < -0.39 is 0 Å². The average molecular weight is 297 g/mol. The van der Waals surface area contributed by atoms with Gasteiger partial charge >= 0.3 is 0 Å². The number of hydrogen-bond acceptors (Lipinski definition) is 3. The first kappa shape index (κ1) is 14.6. The van der Waals surface area contributed by atoms with E-state index in [4.69, 9.17) is 4.42 Å². The number of furan rings is 1. The number of amides is 1. The molecule has 3 rings (SSSR count). The van der Waals surface area contributed by atoms with Crippen molar-refractivity contribution in [2.24, 2.45) is 0 Å². The lowest BCUT2D eigenvalue weighted by atomic mass is 10.0. The molecule has 1 aliphatic rings. The van der Waals surface area contributed by atoms with E-state index in [9.17, 15) is 9.59 Å². The van der Waals surface area contributed by atoms with Gasteiger partial charge in [-0.1, -0.05) is 12.1 Å². The van der Waals surface area contributed by atoms with Gasteiger partial charge in [0.05, 0.1) is 12.5 Å². The summed E-state index contributed by atoms with van der Waals surface area (Å²) < 4.78 is 4.93. The summed E-state index contributed by atoms with van der Waals surface area (Å²) in [7, 11) is 0. The van der Waals surface area contributed by atoms with E-state index in [1.807, 2.05) is 12.1 Å². The van der Waals surface area contributed by atoms with E-state index in [1.165, 1.54) is 17.5 Å². The van der Waals surface area contributed by atoms with Crippen LogP contribution in [-0.2, 0) is 24.2 Å². The Kier molecular flexibility index (Phi) is 4.37. The first-order chi connectivity index (χ1) is 10.7. The summed E-state index contributed by atoms with van der Waals surface area (Å²) in [6, 6.07) is 7.73. The third kappa shape index (κ3) is 3.45. The molecule has 0 radical (unpaired) electrons. The minimum Gasteiger partial charge on any atom is -0.472 e. The topological polar surface area (TPSA) is 59.3 Å². The highest BCUT2D eigenvalue weighted by Gasteiger charge is 2.14. The number of nitrogens with one attached hydrogen (secondary N) is 1. The zero-order valence-corrected chi connectivity index (χ0v) is 12.4. The number of fused-ring (bicyclic) bond motifs is 1. The van der Waals surface area contributed by atoms with Gasteiger partial charge < -0.3 is 9.73 Å². The Bertz CT molecular complexity index is 674. The van der Waals surface area contributed by atoms with Gasteiger partial charge in [0.15, 0.2) is 5.78 Å². The number of rotatable bonds is 6. The van der Waals surface area contributed by atoms with Gasteiger partial charge in [-0.05, 0) is 42.5 Å². The SMILES string of the molecule is O=C(CCC(=O)c1ccc2c(c1)CCC2)NCc1ccoc1. The van der Waals surface area contributed by atoms with Crippen molar-refractivity contribution in [1.29, 1.82) is 0 Å². The summed E-state index contributed by atoms with van der Waals surface area (Å²) in [6.07, 6.45) is 6.96. The Balaban J connectivity index is 1.48. The molecule has 2 aromatic rings. The van der Waals surface area contributed by atoms with Gasteiger partial charge in [0.1, 0.15) is 0 Å².